The molecule has 0 bridgehead atoms. The van der Waals surface area contributed by atoms with Gasteiger partial charge in [0.2, 0.25) is 0 Å². The first-order valence-corrected chi connectivity index (χ1v) is 9.92. The molecule has 0 radical (unpaired) electrons. The van der Waals surface area contributed by atoms with Gasteiger partial charge in [-0.05, 0) is 29.8 Å². The molecule has 0 saturated carbocycles. The minimum absolute atomic E-state index is 0.340. The Hall–Kier alpha value is -4.61. The van der Waals surface area contributed by atoms with Gasteiger partial charge in [-0.2, -0.15) is 10.5 Å². The Kier molecular flexibility index (Phi) is 5.83. The zero-order valence-corrected chi connectivity index (χ0v) is 17.7. The van der Waals surface area contributed by atoms with Crippen LogP contribution in [0, 0.1) is 22.7 Å². The number of nitriles is 2. The maximum atomic E-state index is 10.2. The molecule has 32 heavy (non-hydrogen) atoms. The molecule has 3 aromatic carbocycles. The van der Waals surface area contributed by atoms with Crippen LogP contribution in [-0.2, 0) is 0 Å². The minimum Gasteiger partial charge on any atom is -0.497 e. The average molecular weight is 417 g/mol. The van der Waals surface area contributed by atoms with E-state index >= 15 is 0 Å². The Balaban J connectivity index is 2.13. The van der Waals surface area contributed by atoms with Crippen LogP contribution in [0.4, 0.5) is 0 Å². The lowest BCUT2D eigenvalue weighted by Crippen LogP contribution is -2.02. The Morgan fingerprint density at radius 2 is 1.09 bits per heavy atom. The maximum absolute atomic E-state index is 10.2. The highest BCUT2D eigenvalue weighted by Crippen LogP contribution is 2.39. The lowest BCUT2D eigenvalue weighted by molar-refractivity contribution is 0.415. The summed E-state index contributed by atoms with van der Waals surface area (Å²) in [6, 6.07) is 28.8. The minimum atomic E-state index is 0.340. The molecular weight excluding hydrogens is 398 g/mol. The number of hydrogen-bond acceptors (Lipinski definition) is 5. The monoisotopic (exact) mass is 417 g/mol. The van der Waals surface area contributed by atoms with Crippen LogP contribution >= 0.6 is 0 Å². The summed E-state index contributed by atoms with van der Waals surface area (Å²) in [6.45, 7) is 0. The first kappa shape index (κ1) is 20.7. The molecule has 0 aliphatic heterocycles. The molecule has 5 nitrogen and oxygen atoms in total. The van der Waals surface area contributed by atoms with Crippen LogP contribution in [0.1, 0.15) is 11.1 Å². The van der Waals surface area contributed by atoms with Gasteiger partial charge in [-0.1, -0.05) is 54.6 Å². The molecule has 4 rings (SSSR count). The van der Waals surface area contributed by atoms with Gasteiger partial charge in [0.15, 0.2) is 0 Å². The molecule has 0 spiro atoms. The zero-order chi connectivity index (χ0) is 22.5. The first-order chi connectivity index (χ1) is 15.7. The fraction of sp³-hybridized carbons (Fsp3) is 0.0741. The molecule has 0 unspecified atom stereocenters. The number of pyridine rings is 1. The summed E-state index contributed by atoms with van der Waals surface area (Å²) in [6.07, 6.45) is 0. The van der Waals surface area contributed by atoms with E-state index in [0.717, 1.165) is 16.7 Å². The molecule has 0 amide bonds. The maximum Gasteiger partial charge on any atom is 0.119 e. The van der Waals surface area contributed by atoms with Crippen molar-refractivity contribution < 1.29 is 9.47 Å². The van der Waals surface area contributed by atoms with E-state index in [1.807, 2.05) is 78.9 Å². The second-order valence-corrected chi connectivity index (χ2v) is 6.99. The smallest absolute Gasteiger partial charge is 0.119 e. The van der Waals surface area contributed by atoms with Gasteiger partial charge in [-0.15, -0.1) is 0 Å². The standard InChI is InChI=1S/C27H19N3O2/c1-31-21-12-6-10-19(14-21)26-23(16-28)25(18-8-4-3-5-9-18)24(17-29)27(30-26)20-11-7-13-22(15-20)32-2/h3-15H,1-2H3. The number of methoxy groups -OCH3 is 2. The Morgan fingerprint density at radius 3 is 1.53 bits per heavy atom. The molecule has 1 aromatic heterocycles. The number of aromatic nitrogens is 1. The lowest BCUT2D eigenvalue weighted by atomic mass is 9.89. The summed E-state index contributed by atoms with van der Waals surface area (Å²) in [4.78, 5) is 4.84. The van der Waals surface area contributed by atoms with Crippen LogP contribution in [0.25, 0.3) is 33.6 Å². The van der Waals surface area contributed by atoms with Crippen molar-refractivity contribution in [3.05, 3.63) is 90.0 Å². The van der Waals surface area contributed by atoms with Crippen molar-refractivity contribution in [1.82, 2.24) is 4.98 Å². The third-order valence-corrected chi connectivity index (χ3v) is 5.17. The quantitative estimate of drug-likeness (QED) is 0.407. The third kappa shape index (κ3) is 3.76. The molecule has 0 atom stereocenters. The molecule has 0 aliphatic carbocycles. The molecule has 0 N–H and O–H groups in total. The van der Waals surface area contributed by atoms with Gasteiger partial charge in [0.25, 0.3) is 0 Å². The van der Waals surface area contributed by atoms with Gasteiger partial charge in [0.1, 0.15) is 23.6 Å². The molecule has 0 saturated heterocycles. The Labute approximate surface area is 186 Å². The summed E-state index contributed by atoms with van der Waals surface area (Å²) in [5, 5.41) is 20.3. The Morgan fingerprint density at radius 1 is 0.625 bits per heavy atom. The number of nitrogens with zero attached hydrogens (tertiary/aromatic N) is 3. The molecule has 5 heteroatoms. The number of ether oxygens (including phenoxy) is 2. The Bertz CT molecular complexity index is 1280. The first-order valence-electron chi connectivity index (χ1n) is 9.92. The molecule has 1 heterocycles. The van der Waals surface area contributed by atoms with E-state index in [4.69, 9.17) is 14.5 Å². The van der Waals surface area contributed by atoms with E-state index in [-0.39, 0.29) is 0 Å². The third-order valence-electron chi connectivity index (χ3n) is 5.17. The van der Waals surface area contributed by atoms with Gasteiger partial charge in [0, 0.05) is 16.7 Å². The fourth-order valence-corrected chi connectivity index (χ4v) is 3.66. The summed E-state index contributed by atoms with van der Waals surface area (Å²) < 4.78 is 10.8. The van der Waals surface area contributed by atoms with Crippen LogP contribution in [0.5, 0.6) is 11.5 Å². The van der Waals surface area contributed by atoms with Crippen LogP contribution in [0.2, 0.25) is 0 Å². The fourth-order valence-electron chi connectivity index (χ4n) is 3.66. The molecule has 4 aromatic rings. The van der Waals surface area contributed by atoms with Crippen molar-refractivity contribution in [2.75, 3.05) is 14.2 Å². The number of benzene rings is 3. The topological polar surface area (TPSA) is 78.9 Å². The van der Waals surface area contributed by atoms with Crippen molar-refractivity contribution in [3.63, 3.8) is 0 Å². The second kappa shape index (κ2) is 9.04. The second-order valence-electron chi connectivity index (χ2n) is 6.99. The van der Waals surface area contributed by atoms with Gasteiger partial charge in [-0.25, -0.2) is 4.98 Å². The van der Waals surface area contributed by atoms with Crippen LogP contribution in [0.15, 0.2) is 78.9 Å². The van der Waals surface area contributed by atoms with E-state index in [2.05, 4.69) is 12.1 Å². The van der Waals surface area contributed by atoms with Gasteiger partial charge < -0.3 is 9.47 Å². The van der Waals surface area contributed by atoms with Crippen LogP contribution in [-0.4, -0.2) is 19.2 Å². The molecule has 0 aliphatic rings. The van der Waals surface area contributed by atoms with E-state index < -0.39 is 0 Å². The van der Waals surface area contributed by atoms with Crippen molar-refractivity contribution in [2.45, 2.75) is 0 Å². The highest BCUT2D eigenvalue weighted by Gasteiger charge is 2.23. The van der Waals surface area contributed by atoms with Gasteiger partial charge in [0.05, 0.1) is 36.7 Å². The molecular formula is C27H19N3O2. The van der Waals surface area contributed by atoms with Crippen LogP contribution < -0.4 is 9.47 Å². The predicted molar refractivity (Wildman–Crippen MR) is 123 cm³/mol. The number of rotatable bonds is 5. The largest absolute Gasteiger partial charge is 0.497 e. The lowest BCUT2D eigenvalue weighted by Gasteiger charge is -2.16. The molecule has 154 valence electrons. The average Bonchev–Trinajstić information content (AvgIpc) is 2.87. The summed E-state index contributed by atoms with van der Waals surface area (Å²) >= 11 is 0. The summed E-state index contributed by atoms with van der Waals surface area (Å²) in [5.41, 5.74) is 4.44. The van der Waals surface area contributed by atoms with E-state index in [0.29, 0.717) is 39.6 Å². The highest BCUT2D eigenvalue weighted by atomic mass is 16.5. The van der Waals surface area contributed by atoms with E-state index in [9.17, 15) is 10.5 Å². The summed E-state index contributed by atoms with van der Waals surface area (Å²) in [7, 11) is 3.18. The van der Waals surface area contributed by atoms with Crippen molar-refractivity contribution in [1.29, 1.82) is 10.5 Å². The van der Waals surface area contributed by atoms with E-state index in [1.165, 1.54) is 0 Å². The zero-order valence-electron chi connectivity index (χ0n) is 17.7. The van der Waals surface area contributed by atoms with Crippen molar-refractivity contribution >= 4 is 0 Å². The van der Waals surface area contributed by atoms with E-state index in [1.54, 1.807) is 14.2 Å². The summed E-state index contributed by atoms with van der Waals surface area (Å²) in [5.74, 6) is 1.31. The van der Waals surface area contributed by atoms with Gasteiger partial charge in [-0.3, -0.25) is 0 Å². The normalized spacial score (nSPS) is 10.1. The van der Waals surface area contributed by atoms with Crippen molar-refractivity contribution in [2.24, 2.45) is 0 Å². The predicted octanol–water partition coefficient (Wildman–Crippen LogP) is 5.84. The van der Waals surface area contributed by atoms with Crippen LogP contribution in [0.3, 0.4) is 0 Å². The molecule has 0 fully saturated rings. The highest BCUT2D eigenvalue weighted by molar-refractivity contribution is 5.89. The SMILES string of the molecule is COc1cccc(-c2nc(-c3cccc(OC)c3)c(C#N)c(-c3ccccc3)c2C#N)c1. The van der Waals surface area contributed by atoms with Crippen molar-refractivity contribution in [3.8, 4) is 57.3 Å². The van der Waals surface area contributed by atoms with Gasteiger partial charge >= 0.3 is 0 Å². The number of hydrogen-bond donors (Lipinski definition) is 0.